The number of methoxy groups -OCH3 is 1. The summed E-state index contributed by atoms with van der Waals surface area (Å²) < 4.78 is 4.85. The monoisotopic (exact) mass is 223 g/mol. The summed E-state index contributed by atoms with van der Waals surface area (Å²) in [5.41, 5.74) is 2.39. The maximum atomic E-state index is 9.46. The number of aliphatic hydroxyl groups excluding tert-OH is 1. The first-order chi connectivity index (χ1) is 7.76. The lowest BCUT2D eigenvalue weighted by Gasteiger charge is -2.12. The molecule has 0 aromatic heterocycles. The van der Waals surface area contributed by atoms with Gasteiger partial charge in [0.25, 0.3) is 0 Å². The highest BCUT2D eigenvalue weighted by Crippen LogP contribution is 2.10. The van der Waals surface area contributed by atoms with E-state index in [9.17, 15) is 5.11 Å². The second-order valence-corrected chi connectivity index (χ2v) is 3.94. The Bertz CT molecular complexity index is 284. The van der Waals surface area contributed by atoms with Gasteiger partial charge in [0.1, 0.15) is 0 Å². The van der Waals surface area contributed by atoms with E-state index < -0.39 is 6.10 Å². The Morgan fingerprint density at radius 2 is 2.00 bits per heavy atom. The van der Waals surface area contributed by atoms with Gasteiger partial charge in [-0.15, -0.1) is 0 Å². The van der Waals surface area contributed by atoms with Crippen molar-refractivity contribution in [3.05, 3.63) is 29.8 Å². The zero-order chi connectivity index (χ0) is 11.8. The lowest BCUT2D eigenvalue weighted by Crippen LogP contribution is -2.24. The van der Waals surface area contributed by atoms with Crippen molar-refractivity contribution in [3.8, 4) is 0 Å². The average molecular weight is 223 g/mol. The summed E-state index contributed by atoms with van der Waals surface area (Å²) in [6.07, 6.45) is 1.83. The van der Waals surface area contributed by atoms with Crippen molar-refractivity contribution in [1.82, 2.24) is 0 Å². The molecule has 0 saturated carbocycles. The van der Waals surface area contributed by atoms with Crippen LogP contribution in [-0.4, -0.2) is 31.5 Å². The molecule has 0 radical (unpaired) electrons. The van der Waals surface area contributed by atoms with E-state index in [0.717, 1.165) is 12.1 Å². The molecule has 1 unspecified atom stereocenters. The van der Waals surface area contributed by atoms with E-state index in [1.807, 2.05) is 12.1 Å². The Kier molecular flexibility index (Phi) is 5.90. The summed E-state index contributed by atoms with van der Waals surface area (Å²) in [4.78, 5) is 0. The van der Waals surface area contributed by atoms with Gasteiger partial charge in [-0.2, -0.15) is 0 Å². The standard InChI is InChI=1S/C13H21NO2/c1-3-4-11-5-7-12(8-6-11)14-9-13(15)10-16-2/h5-8,13-15H,3-4,9-10H2,1-2H3. The Balaban J connectivity index is 2.37. The van der Waals surface area contributed by atoms with Crippen LogP contribution >= 0.6 is 0 Å². The summed E-state index contributed by atoms with van der Waals surface area (Å²) in [5.74, 6) is 0. The van der Waals surface area contributed by atoms with Crippen molar-refractivity contribution in [2.24, 2.45) is 0 Å². The third-order valence-electron chi connectivity index (χ3n) is 2.39. The van der Waals surface area contributed by atoms with Crippen LogP contribution in [0.25, 0.3) is 0 Å². The topological polar surface area (TPSA) is 41.5 Å². The minimum Gasteiger partial charge on any atom is -0.389 e. The second kappa shape index (κ2) is 7.25. The Morgan fingerprint density at radius 3 is 2.56 bits per heavy atom. The highest BCUT2D eigenvalue weighted by Gasteiger charge is 2.02. The van der Waals surface area contributed by atoms with Crippen molar-refractivity contribution >= 4 is 5.69 Å². The maximum absolute atomic E-state index is 9.46. The Morgan fingerprint density at radius 1 is 1.31 bits per heavy atom. The molecule has 16 heavy (non-hydrogen) atoms. The molecule has 0 heterocycles. The Hall–Kier alpha value is -1.06. The molecule has 1 aromatic rings. The molecule has 0 amide bonds. The molecule has 0 aliphatic carbocycles. The van der Waals surface area contributed by atoms with Crippen LogP contribution in [0, 0.1) is 0 Å². The fourth-order valence-electron chi connectivity index (χ4n) is 1.56. The van der Waals surface area contributed by atoms with Crippen molar-refractivity contribution < 1.29 is 9.84 Å². The molecule has 3 heteroatoms. The molecule has 3 nitrogen and oxygen atoms in total. The largest absolute Gasteiger partial charge is 0.389 e. The summed E-state index contributed by atoms with van der Waals surface area (Å²) in [7, 11) is 1.59. The molecule has 2 N–H and O–H groups in total. The number of aliphatic hydroxyl groups is 1. The number of rotatable bonds is 7. The fourth-order valence-corrected chi connectivity index (χ4v) is 1.56. The fraction of sp³-hybridized carbons (Fsp3) is 0.538. The number of nitrogens with one attached hydrogen (secondary N) is 1. The summed E-state index contributed by atoms with van der Waals surface area (Å²) in [5, 5.41) is 12.6. The molecule has 0 fully saturated rings. The molecule has 90 valence electrons. The molecule has 1 rings (SSSR count). The first kappa shape index (κ1) is 13.0. The molecule has 1 atom stereocenters. The molecule has 0 aliphatic heterocycles. The van der Waals surface area contributed by atoms with Gasteiger partial charge in [-0.05, 0) is 24.1 Å². The van der Waals surface area contributed by atoms with E-state index in [1.165, 1.54) is 12.0 Å². The van der Waals surface area contributed by atoms with Crippen LogP contribution in [0.3, 0.4) is 0 Å². The van der Waals surface area contributed by atoms with E-state index in [0.29, 0.717) is 13.2 Å². The van der Waals surface area contributed by atoms with Gasteiger partial charge in [-0.25, -0.2) is 0 Å². The highest BCUT2D eigenvalue weighted by molar-refractivity contribution is 5.44. The summed E-state index contributed by atoms with van der Waals surface area (Å²) in [6.45, 7) is 3.05. The third kappa shape index (κ3) is 4.64. The van der Waals surface area contributed by atoms with Gasteiger partial charge >= 0.3 is 0 Å². The normalized spacial score (nSPS) is 12.4. The molecule has 1 aromatic carbocycles. The molecule has 0 aliphatic rings. The van der Waals surface area contributed by atoms with Gasteiger partial charge in [-0.3, -0.25) is 0 Å². The zero-order valence-electron chi connectivity index (χ0n) is 10.1. The molecule has 0 saturated heterocycles. The van der Waals surface area contributed by atoms with Gasteiger partial charge in [-0.1, -0.05) is 25.5 Å². The quantitative estimate of drug-likeness (QED) is 0.743. The minimum absolute atomic E-state index is 0.362. The van der Waals surface area contributed by atoms with Crippen LogP contribution < -0.4 is 5.32 Å². The van der Waals surface area contributed by atoms with Crippen LogP contribution in [0.5, 0.6) is 0 Å². The van der Waals surface area contributed by atoms with Crippen LogP contribution in [0.1, 0.15) is 18.9 Å². The van der Waals surface area contributed by atoms with Crippen LogP contribution in [0.4, 0.5) is 5.69 Å². The van der Waals surface area contributed by atoms with Crippen molar-refractivity contribution in [2.75, 3.05) is 25.6 Å². The summed E-state index contributed by atoms with van der Waals surface area (Å²) >= 11 is 0. The number of hydrogen-bond acceptors (Lipinski definition) is 3. The van der Waals surface area contributed by atoms with Crippen molar-refractivity contribution in [3.63, 3.8) is 0 Å². The predicted molar refractivity (Wildman–Crippen MR) is 66.8 cm³/mol. The molecule has 0 bridgehead atoms. The molecular weight excluding hydrogens is 202 g/mol. The summed E-state index contributed by atoms with van der Waals surface area (Å²) in [6, 6.07) is 8.33. The second-order valence-electron chi connectivity index (χ2n) is 3.94. The van der Waals surface area contributed by atoms with Crippen LogP contribution in [-0.2, 0) is 11.2 Å². The van der Waals surface area contributed by atoms with E-state index in [4.69, 9.17) is 4.74 Å². The zero-order valence-corrected chi connectivity index (χ0v) is 10.1. The first-order valence-electron chi connectivity index (χ1n) is 5.76. The van der Waals surface area contributed by atoms with Gasteiger partial charge in [0.05, 0.1) is 12.7 Å². The van der Waals surface area contributed by atoms with Gasteiger partial charge in [0.15, 0.2) is 0 Å². The number of hydrogen-bond donors (Lipinski definition) is 2. The number of aryl methyl sites for hydroxylation is 1. The Labute approximate surface area is 97.4 Å². The highest BCUT2D eigenvalue weighted by atomic mass is 16.5. The van der Waals surface area contributed by atoms with Crippen molar-refractivity contribution in [1.29, 1.82) is 0 Å². The van der Waals surface area contributed by atoms with Crippen LogP contribution in [0.15, 0.2) is 24.3 Å². The number of anilines is 1. The lowest BCUT2D eigenvalue weighted by atomic mass is 10.1. The first-order valence-corrected chi connectivity index (χ1v) is 5.76. The smallest absolute Gasteiger partial charge is 0.0945 e. The maximum Gasteiger partial charge on any atom is 0.0945 e. The van der Waals surface area contributed by atoms with Gasteiger partial charge in [0, 0.05) is 19.3 Å². The van der Waals surface area contributed by atoms with Gasteiger partial charge in [0.2, 0.25) is 0 Å². The molecular formula is C13H21NO2. The number of benzene rings is 1. The minimum atomic E-state index is -0.458. The average Bonchev–Trinajstić information content (AvgIpc) is 2.29. The van der Waals surface area contributed by atoms with Crippen LogP contribution in [0.2, 0.25) is 0 Å². The van der Waals surface area contributed by atoms with Crippen molar-refractivity contribution in [2.45, 2.75) is 25.9 Å². The van der Waals surface area contributed by atoms with E-state index in [-0.39, 0.29) is 0 Å². The number of ether oxygens (including phenoxy) is 1. The lowest BCUT2D eigenvalue weighted by molar-refractivity contribution is 0.0727. The van der Waals surface area contributed by atoms with E-state index >= 15 is 0 Å². The third-order valence-corrected chi connectivity index (χ3v) is 2.39. The van der Waals surface area contributed by atoms with E-state index in [1.54, 1.807) is 7.11 Å². The van der Waals surface area contributed by atoms with E-state index in [2.05, 4.69) is 24.4 Å². The predicted octanol–water partition coefficient (Wildman–Crippen LogP) is 2.06. The van der Waals surface area contributed by atoms with Gasteiger partial charge < -0.3 is 15.2 Å². The SMILES string of the molecule is CCCc1ccc(NCC(O)COC)cc1. The molecule has 0 spiro atoms.